The van der Waals surface area contributed by atoms with Crippen molar-refractivity contribution in [1.82, 2.24) is 9.88 Å². The monoisotopic (exact) mass is 271 g/mol. The molecule has 1 aromatic heterocycles. The standard InChI is InChI=1S/C11H17N3O3S/c1-7-5-17-8(4-15)3-14(7)11(16)9-6-18-10(2-12)13-9/h6-8,15H,2-5,12H2,1H3. The lowest BCUT2D eigenvalue weighted by atomic mass is 10.2. The SMILES string of the molecule is CC1COC(CO)CN1C(=O)c1csc(CN)n1. The van der Waals surface area contributed by atoms with Gasteiger partial charge in [0.25, 0.3) is 5.91 Å². The highest BCUT2D eigenvalue weighted by Crippen LogP contribution is 2.17. The number of carbonyl (C=O) groups is 1. The van der Waals surface area contributed by atoms with Crippen LogP contribution in [0, 0.1) is 0 Å². The molecule has 0 saturated carbocycles. The second-order valence-corrected chi connectivity index (χ2v) is 5.22. The maximum atomic E-state index is 12.3. The topological polar surface area (TPSA) is 88.7 Å². The van der Waals surface area contributed by atoms with E-state index in [-0.39, 0.29) is 24.7 Å². The maximum absolute atomic E-state index is 12.3. The van der Waals surface area contributed by atoms with Gasteiger partial charge in [-0.05, 0) is 6.92 Å². The van der Waals surface area contributed by atoms with E-state index in [1.165, 1.54) is 11.3 Å². The van der Waals surface area contributed by atoms with Crippen molar-refractivity contribution in [3.05, 3.63) is 16.1 Å². The van der Waals surface area contributed by atoms with Gasteiger partial charge in [-0.1, -0.05) is 0 Å². The van der Waals surface area contributed by atoms with Crippen LogP contribution in [0.25, 0.3) is 0 Å². The lowest BCUT2D eigenvalue weighted by Gasteiger charge is -2.37. The number of aromatic nitrogens is 1. The van der Waals surface area contributed by atoms with E-state index in [0.717, 1.165) is 5.01 Å². The summed E-state index contributed by atoms with van der Waals surface area (Å²) in [6.07, 6.45) is -0.308. The van der Waals surface area contributed by atoms with Crippen LogP contribution >= 0.6 is 11.3 Å². The molecule has 0 bridgehead atoms. The number of nitrogens with zero attached hydrogens (tertiary/aromatic N) is 2. The number of carbonyl (C=O) groups excluding carboxylic acids is 1. The number of thiazole rings is 1. The van der Waals surface area contributed by atoms with Crippen LogP contribution in [0.1, 0.15) is 22.4 Å². The lowest BCUT2D eigenvalue weighted by Crippen LogP contribution is -2.52. The summed E-state index contributed by atoms with van der Waals surface area (Å²) >= 11 is 1.39. The highest BCUT2D eigenvalue weighted by Gasteiger charge is 2.30. The number of hydrogen-bond acceptors (Lipinski definition) is 6. The Morgan fingerprint density at radius 1 is 1.78 bits per heavy atom. The molecule has 1 fully saturated rings. The number of aliphatic hydroxyl groups is 1. The van der Waals surface area contributed by atoms with Crippen molar-refractivity contribution in [1.29, 1.82) is 0 Å². The normalized spacial score (nSPS) is 24.3. The number of ether oxygens (including phenoxy) is 1. The predicted octanol–water partition coefficient (Wildman–Crippen LogP) is -0.176. The molecule has 0 aromatic carbocycles. The Bertz CT molecular complexity index is 423. The van der Waals surface area contributed by atoms with E-state index in [0.29, 0.717) is 25.4 Å². The smallest absolute Gasteiger partial charge is 0.273 e. The minimum Gasteiger partial charge on any atom is -0.394 e. The van der Waals surface area contributed by atoms with Crippen LogP contribution in [-0.2, 0) is 11.3 Å². The van der Waals surface area contributed by atoms with Gasteiger partial charge >= 0.3 is 0 Å². The zero-order chi connectivity index (χ0) is 13.1. The first-order valence-corrected chi connectivity index (χ1v) is 6.71. The van der Waals surface area contributed by atoms with Crippen molar-refractivity contribution in [2.24, 2.45) is 5.73 Å². The van der Waals surface area contributed by atoms with Gasteiger partial charge in [-0.25, -0.2) is 4.98 Å². The van der Waals surface area contributed by atoms with Gasteiger partial charge in [0.15, 0.2) is 0 Å². The van der Waals surface area contributed by atoms with Gasteiger partial charge in [0.2, 0.25) is 0 Å². The third-order valence-electron chi connectivity index (χ3n) is 2.92. The number of nitrogens with two attached hydrogens (primary N) is 1. The van der Waals surface area contributed by atoms with Gasteiger partial charge < -0.3 is 20.5 Å². The van der Waals surface area contributed by atoms with Crippen LogP contribution in [0.15, 0.2) is 5.38 Å². The Morgan fingerprint density at radius 2 is 2.56 bits per heavy atom. The summed E-state index contributed by atoms with van der Waals surface area (Å²) < 4.78 is 5.40. The molecule has 18 heavy (non-hydrogen) atoms. The van der Waals surface area contributed by atoms with E-state index in [1.54, 1.807) is 10.3 Å². The summed E-state index contributed by atoms with van der Waals surface area (Å²) in [4.78, 5) is 18.2. The molecule has 0 spiro atoms. The van der Waals surface area contributed by atoms with Crippen LogP contribution in [-0.4, -0.2) is 52.8 Å². The van der Waals surface area contributed by atoms with Crippen LogP contribution in [0.3, 0.4) is 0 Å². The summed E-state index contributed by atoms with van der Waals surface area (Å²) in [6, 6.07) is -0.0108. The van der Waals surface area contributed by atoms with Gasteiger partial charge in [-0.3, -0.25) is 4.79 Å². The molecule has 2 unspecified atom stereocenters. The molecule has 1 aromatic rings. The summed E-state index contributed by atoms with van der Waals surface area (Å²) in [5.41, 5.74) is 5.90. The number of amides is 1. The van der Waals surface area contributed by atoms with E-state index in [9.17, 15) is 4.79 Å². The molecule has 2 rings (SSSR count). The fourth-order valence-corrected chi connectivity index (χ4v) is 2.51. The van der Waals surface area contributed by atoms with Crippen molar-refractivity contribution in [2.75, 3.05) is 19.8 Å². The van der Waals surface area contributed by atoms with Gasteiger partial charge in [-0.15, -0.1) is 11.3 Å². The van der Waals surface area contributed by atoms with Crippen LogP contribution in [0.5, 0.6) is 0 Å². The van der Waals surface area contributed by atoms with E-state index < -0.39 is 0 Å². The van der Waals surface area contributed by atoms with Crippen molar-refractivity contribution in [3.8, 4) is 0 Å². The molecular weight excluding hydrogens is 254 g/mol. The molecular formula is C11H17N3O3S. The van der Waals surface area contributed by atoms with E-state index >= 15 is 0 Å². The summed E-state index contributed by atoms with van der Waals surface area (Å²) in [5.74, 6) is -0.125. The van der Waals surface area contributed by atoms with Crippen molar-refractivity contribution in [3.63, 3.8) is 0 Å². The van der Waals surface area contributed by atoms with Crippen LogP contribution in [0.4, 0.5) is 0 Å². The van der Waals surface area contributed by atoms with E-state index in [4.69, 9.17) is 15.6 Å². The van der Waals surface area contributed by atoms with E-state index in [2.05, 4.69) is 4.98 Å². The summed E-state index contributed by atoms with van der Waals surface area (Å²) in [6.45, 7) is 3.01. The third-order valence-corrected chi connectivity index (χ3v) is 3.79. The molecule has 7 heteroatoms. The molecule has 1 saturated heterocycles. The number of morpholine rings is 1. The minimum absolute atomic E-state index is 0.0108. The molecule has 0 aliphatic carbocycles. The van der Waals surface area contributed by atoms with Crippen LogP contribution in [0.2, 0.25) is 0 Å². The van der Waals surface area contributed by atoms with Gasteiger partial charge in [0.05, 0.1) is 25.4 Å². The number of aliphatic hydroxyl groups excluding tert-OH is 1. The van der Waals surface area contributed by atoms with Crippen LogP contribution < -0.4 is 5.73 Å². The lowest BCUT2D eigenvalue weighted by molar-refractivity contribution is -0.0668. The Balaban J connectivity index is 2.11. The molecule has 0 radical (unpaired) electrons. The van der Waals surface area contributed by atoms with Crippen molar-refractivity contribution in [2.45, 2.75) is 25.6 Å². The molecule has 6 nitrogen and oxygen atoms in total. The Hall–Kier alpha value is -1.02. The van der Waals surface area contributed by atoms with Gasteiger partial charge in [0, 0.05) is 18.5 Å². The van der Waals surface area contributed by atoms with Gasteiger partial charge in [-0.2, -0.15) is 0 Å². The van der Waals surface area contributed by atoms with E-state index in [1.807, 2.05) is 6.92 Å². The zero-order valence-corrected chi connectivity index (χ0v) is 11.0. The highest BCUT2D eigenvalue weighted by atomic mass is 32.1. The molecule has 2 heterocycles. The number of rotatable bonds is 3. The second-order valence-electron chi connectivity index (χ2n) is 4.28. The largest absolute Gasteiger partial charge is 0.394 e. The third kappa shape index (κ3) is 2.69. The first-order valence-electron chi connectivity index (χ1n) is 5.83. The molecule has 2 atom stereocenters. The molecule has 1 amide bonds. The minimum atomic E-state index is -0.308. The molecule has 100 valence electrons. The Morgan fingerprint density at radius 3 is 3.17 bits per heavy atom. The number of hydrogen-bond donors (Lipinski definition) is 2. The predicted molar refractivity (Wildman–Crippen MR) is 67.3 cm³/mol. The molecule has 1 aliphatic rings. The molecule has 3 N–H and O–H groups in total. The van der Waals surface area contributed by atoms with Crippen molar-refractivity contribution < 1.29 is 14.6 Å². The fourth-order valence-electron chi connectivity index (χ4n) is 1.86. The average molecular weight is 271 g/mol. The first-order chi connectivity index (χ1) is 8.65. The Labute approximate surface area is 109 Å². The zero-order valence-electron chi connectivity index (χ0n) is 10.2. The second kappa shape index (κ2) is 5.75. The maximum Gasteiger partial charge on any atom is 0.273 e. The first kappa shape index (κ1) is 13.4. The van der Waals surface area contributed by atoms with Crippen molar-refractivity contribution >= 4 is 17.2 Å². The highest BCUT2D eigenvalue weighted by molar-refractivity contribution is 7.09. The summed E-state index contributed by atoms with van der Waals surface area (Å²) in [5, 5.41) is 11.6. The summed E-state index contributed by atoms with van der Waals surface area (Å²) in [7, 11) is 0. The Kier molecular flexibility index (Phi) is 4.28. The average Bonchev–Trinajstić information content (AvgIpc) is 2.87. The fraction of sp³-hybridized carbons (Fsp3) is 0.636. The van der Waals surface area contributed by atoms with Gasteiger partial charge in [0.1, 0.15) is 10.7 Å². The quantitative estimate of drug-likeness (QED) is 0.796. The molecule has 1 aliphatic heterocycles.